The minimum atomic E-state index is 0.411. The molecule has 1 fully saturated rings. The quantitative estimate of drug-likeness (QED) is 0.783. The number of nitrogens with two attached hydrogens (primary N) is 1. The summed E-state index contributed by atoms with van der Waals surface area (Å²) in [5, 5.41) is 0. The fourth-order valence-corrected chi connectivity index (χ4v) is 2.85. The Morgan fingerprint density at radius 3 is 2.61 bits per heavy atom. The van der Waals surface area contributed by atoms with Crippen molar-refractivity contribution in [2.45, 2.75) is 58.0 Å². The molecule has 18 heavy (non-hydrogen) atoms. The van der Waals surface area contributed by atoms with Gasteiger partial charge in [-0.05, 0) is 55.9 Å². The molecule has 0 aliphatic heterocycles. The van der Waals surface area contributed by atoms with Gasteiger partial charge in [-0.2, -0.15) is 0 Å². The lowest BCUT2D eigenvalue weighted by atomic mass is 9.83. The first-order valence-electron chi connectivity index (χ1n) is 7.32. The lowest BCUT2D eigenvalue weighted by Gasteiger charge is -2.32. The highest BCUT2D eigenvalue weighted by Crippen LogP contribution is 2.31. The van der Waals surface area contributed by atoms with Gasteiger partial charge in [-0.25, -0.2) is 0 Å². The summed E-state index contributed by atoms with van der Waals surface area (Å²) < 4.78 is 6.16. The van der Waals surface area contributed by atoms with Gasteiger partial charge in [0.2, 0.25) is 0 Å². The second kappa shape index (κ2) is 6.67. The number of benzene rings is 1. The second-order valence-corrected chi connectivity index (χ2v) is 5.41. The zero-order valence-corrected chi connectivity index (χ0v) is 11.4. The largest absolute Gasteiger partial charge is 0.490 e. The Balaban J connectivity index is 1.94. The van der Waals surface area contributed by atoms with Gasteiger partial charge in [-0.15, -0.1) is 0 Å². The maximum atomic E-state index is 6.16. The summed E-state index contributed by atoms with van der Waals surface area (Å²) in [6, 6.07) is 7.81. The SMILES string of the molecule is CCCCC1CCCCC1Oc1ccc(N)cc1. The number of anilines is 1. The van der Waals surface area contributed by atoms with E-state index in [0.29, 0.717) is 6.10 Å². The Kier molecular flexibility index (Phi) is 4.91. The van der Waals surface area contributed by atoms with E-state index in [4.69, 9.17) is 10.5 Å². The molecule has 100 valence electrons. The predicted octanol–water partition coefficient (Wildman–Crippen LogP) is 4.40. The van der Waals surface area contributed by atoms with Crippen molar-refractivity contribution in [3.05, 3.63) is 24.3 Å². The number of hydrogen-bond acceptors (Lipinski definition) is 2. The summed E-state index contributed by atoms with van der Waals surface area (Å²) in [6.07, 6.45) is 9.55. The first-order chi connectivity index (χ1) is 8.79. The van der Waals surface area contributed by atoms with E-state index >= 15 is 0 Å². The van der Waals surface area contributed by atoms with Crippen LogP contribution in [-0.4, -0.2) is 6.10 Å². The van der Waals surface area contributed by atoms with Gasteiger partial charge in [-0.3, -0.25) is 0 Å². The molecular formula is C16H25NO. The minimum Gasteiger partial charge on any atom is -0.490 e. The van der Waals surface area contributed by atoms with E-state index in [2.05, 4.69) is 6.92 Å². The molecule has 0 bridgehead atoms. The van der Waals surface area contributed by atoms with Crippen molar-refractivity contribution in [1.82, 2.24) is 0 Å². The molecule has 2 heteroatoms. The van der Waals surface area contributed by atoms with Gasteiger partial charge >= 0.3 is 0 Å². The smallest absolute Gasteiger partial charge is 0.119 e. The lowest BCUT2D eigenvalue weighted by Crippen LogP contribution is -2.30. The van der Waals surface area contributed by atoms with Crippen LogP contribution in [0.25, 0.3) is 0 Å². The first-order valence-corrected chi connectivity index (χ1v) is 7.32. The Bertz CT molecular complexity index is 347. The maximum Gasteiger partial charge on any atom is 0.119 e. The molecular weight excluding hydrogens is 222 g/mol. The Morgan fingerprint density at radius 1 is 1.17 bits per heavy atom. The van der Waals surface area contributed by atoms with Crippen molar-refractivity contribution in [1.29, 1.82) is 0 Å². The number of rotatable bonds is 5. The molecule has 0 radical (unpaired) electrons. The topological polar surface area (TPSA) is 35.2 Å². The van der Waals surface area contributed by atoms with Crippen LogP contribution in [0.15, 0.2) is 24.3 Å². The number of hydrogen-bond donors (Lipinski definition) is 1. The van der Waals surface area contributed by atoms with Crippen LogP contribution < -0.4 is 10.5 Å². The van der Waals surface area contributed by atoms with Crippen LogP contribution in [0.1, 0.15) is 51.9 Å². The third kappa shape index (κ3) is 3.66. The lowest BCUT2D eigenvalue weighted by molar-refractivity contribution is 0.0862. The van der Waals surface area contributed by atoms with Crippen molar-refractivity contribution >= 4 is 5.69 Å². The zero-order chi connectivity index (χ0) is 12.8. The van der Waals surface area contributed by atoms with Crippen molar-refractivity contribution in [2.75, 3.05) is 5.73 Å². The highest BCUT2D eigenvalue weighted by Gasteiger charge is 2.26. The Labute approximate surface area is 111 Å². The molecule has 1 aromatic rings. The molecule has 2 N–H and O–H groups in total. The van der Waals surface area contributed by atoms with Crippen molar-refractivity contribution in [2.24, 2.45) is 5.92 Å². The molecule has 0 spiro atoms. The average Bonchev–Trinajstić information content (AvgIpc) is 2.40. The van der Waals surface area contributed by atoms with E-state index in [1.807, 2.05) is 24.3 Å². The normalized spacial score (nSPS) is 23.8. The van der Waals surface area contributed by atoms with Gasteiger partial charge in [-0.1, -0.05) is 26.2 Å². The van der Waals surface area contributed by atoms with E-state index in [-0.39, 0.29) is 0 Å². The van der Waals surface area contributed by atoms with Gasteiger partial charge in [0.1, 0.15) is 11.9 Å². The van der Waals surface area contributed by atoms with Crippen molar-refractivity contribution < 1.29 is 4.74 Å². The summed E-state index contributed by atoms with van der Waals surface area (Å²) in [6.45, 7) is 2.26. The number of unbranched alkanes of at least 4 members (excludes halogenated alkanes) is 1. The Hall–Kier alpha value is -1.18. The maximum absolute atomic E-state index is 6.16. The summed E-state index contributed by atoms with van der Waals surface area (Å²) in [5.41, 5.74) is 6.50. The number of ether oxygens (including phenoxy) is 1. The van der Waals surface area contributed by atoms with Crippen LogP contribution in [0.5, 0.6) is 5.75 Å². The van der Waals surface area contributed by atoms with E-state index in [1.54, 1.807) is 0 Å². The summed E-state index contributed by atoms with van der Waals surface area (Å²) in [5.74, 6) is 1.72. The fraction of sp³-hybridized carbons (Fsp3) is 0.625. The molecule has 0 heterocycles. The monoisotopic (exact) mass is 247 g/mol. The van der Waals surface area contributed by atoms with Gasteiger partial charge in [0, 0.05) is 5.69 Å². The van der Waals surface area contributed by atoms with Gasteiger partial charge in [0.15, 0.2) is 0 Å². The van der Waals surface area contributed by atoms with Crippen LogP contribution in [0.4, 0.5) is 5.69 Å². The molecule has 1 aromatic carbocycles. The van der Waals surface area contributed by atoms with Crippen LogP contribution >= 0.6 is 0 Å². The summed E-state index contributed by atoms with van der Waals surface area (Å²) >= 11 is 0. The fourth-order valence-electron chi connectivity index (χ4n) is 2.85. The predicted molar refractivity (Wildman–Crippen MR) is 76.8 cm³/mol. The van der Waals surface area contributed by atoms with Gasteiger partial charge in [0.25, 0.3) is 0 Å². The van der Waals surface area contributed by atoms with E-state index < -0.39 is 0 Å². The minimum absolute atomic E-state index is 0.411. The van der Waals surface area contributed by atoms with Crippen molar-refractivity contribution in [3.63, 3.8) is 0 Å². The van der Waals surface area contributed by atoms with E-state index in [9.17, 15) is 0 Å². The molecule has 2 nitrogen and oxygen atoms in total. The third-order valence-corrected chi connectivity index (χ3v) is 3.94. The molecule has 0 saturated heterocycles. The van der Waals surface area contributed by atoms with Crippen LogP contribution in [0, 0.1) is 5.92 Å². The average molecular weight is 247 g/mol. The van der Waals surface area contributed by atoms with Gasteiger partial charge < -0.3 is 10.5 Å². The molecule has 2 atom stereocenters. The number of nitrogen functional groups attached to an aromatic ring is 1. The summed E-state index contributed by atoms with van der Waals surface area (Å²) in [7, 11) is 0. The molecule has 0 amide bonds. The van der Waals surface area contributed by atoms with Crippen LogP contribution in [0.2, 0.25) is 0 Å². The zero-order valence-electron chi connectivity index (χ0n) is 11.4. The molecule has 0 aromatic heterocycles. The van der Waals surface area contributed by atoms with E-state index in [0.717, 1.165) is 17.4 Å². The van der Waals surface area contributed by atoms with Crippen LogP contribution in [-0.2, 0) is 0 Å². The highest BCUT2D eigenvalue weighted by molar-refractivity contribution is 5.41. The van der Waals surface area contributed by atoms with E-state index in [1.165, 1.54) is 44.9 Å². The molecule has 1 saturated carbocycles. The molecule has 2 rings (SSSR count). The first kappa shape index (κ1) is 13.3. The molecule has 2 unspecified atom stereocenters. The highest BCUT2D eigenvalue weighted by atomic mass is 16.5. The van der Waals surface area contributed by atoms with Gasteiger partial charge in [0.05, 0.1) is 0 Å². The van der Waals surface area contributed by atoms with Crippen molar-refractivity contribution in [3.8, 4) is 5.75 Å². The summed E-state index contributed by atoms with van der Waals surface area (Å²) in [4.78, 5) is 0. The third-order valence-electron chi connectivity index (χ3n) is 3.94. The second-order valence-electron chi connectivity index (χ2n) is 5.41. The molecule has 1 aliphatic carbocycles. The van der Waals surface area contributed by atoms with Crippen LogP contribution in [0.3, 0.4) is 0 Å². The Morgan fingerprint density at radius 2 is 1.89 bits per heavy atom. The standard InChI is InChI=1S/C16H25NO/c1-2-3-6-13-7-4-5-8-16(13)18-15-11-9-14(17)10-12-15/h9-13,16H,2-8,17H2,1H3. The molecule has 1 aliphatic rings.